The summed E-state index contributed by atoms with van der Waals surface area (Å²) in [7, 11) is 0. The highest BCUT2D eigenvalue weighted by Crippen LogP contribution is 2.24. The normalized spacial score (nSPS) is 15.6. The van der Waals surface area contributed by atoms with Crippen LogP contribution in [0.15, 0.2) is 28.1 Å². The molecule has 1 aliphatic carbocycles. The molecule has 1 rings (SSSR count). The maximum absolute atomic E-state index is 12.9. The summed E-state index contributed by atoms with van der Waals surface area (Å²) in [5.41, 5.74) is 1.38. The number of aliphatic hydroxyl groups is 3. The summed E-state index contributed by atoms with van der Waals surface area (Å²) in [5.74, 6) is -0.134. The van der Waals surface area contributed by atoms with E-state index in [-0.39, 0.29) is 24.8 Å². The summed E-state index contributed by atoms with van der Waals surface area (Å²) in [5, 5.41) is 31.8. The zero-order valence-electron chi connectivity index (χ0n) is 19.5. The Kier molecular flexibility index (Phi) is 15.9. The van der Waals surface area contributed by atoms with Gasteiger partial charge in [0.2, 0.25) is 5.78 Å². The van der Waals surface area contributed by atoms with Gasteiger partial charge in [0.05, 0.1) is 5.70 Å². The Labute approximate surface area is 188 Å². The number of nitrogens with one attached hydrogen (secondary N) is 1. The van der Waals surface area contributed by atoms with Crippen LogP contribution in [0.5, 0.6) is 0 Å². The number of carbonyl (C=O) groups excluding carboxylic acids is 1. The van der Waals surface area contributed by atoms with Gasteiger partial charge in [-0.2, -0.15) is 0 Å². The molecule has 0 unspecified atom stereocenters. The molecule has 0 aliphatic heterocycles. The van der Waals surface area contributed by atoms with Crippen molar-refractivity contribution >= 4 is 11.5 Å². The predicted octanol–water partition coefficient (Wildman–Crippen LogP) is 4.76. The van der Waals surface area contributed by atoms with Crippen molar-refractivity contribution in [2.24, 2.45) is 4.99 Å². The van der Waals surface area contributed by atoms with Crippen molar-refractivity contribution in [3.8, 4) is 0 Å². The van der Waals surface area contributed by atoms with Crippen molar-refractivity contribution in [3.63, 3.8) is 0 Å². The second-order valence-electron chi connectivity index (χ2n) is 8.35. The van der Waals surface area contributed by atoms with Gasteiger partial charge in [0, 0.05) is 31.9 Å². The second-order valence-corrected chi connectivity index (χ2v) is 8.35. The van der Waals surface area contributed by atoms with Gasteiger partial charge in [-0.1, -0.05) is 58.3 Å². The number of hydrogen-bond acceptors (Lipinski definition) is 6. The summed E-state index contributed by atoms with van der Waals surface area (Å²) in [4.78, 5) is 17.3. The molecule has 0 spiro atoms. The molecule has 0 atom stereocenters. The molecule has 0 aromatic carbocycles. The summed E-state index contributed by atoms with van der Waals surface area (Å²) >= 11 is 0. The molecule has 4 N–H and O–H groups in total. The van der Waals surface area contributed by atoms with Gasteiger partial charge in [0.15, 0.2) is 0 Å². The molecule has 0 fully saturated rings. The van der Waals surface area contributed by atoms with Gasteiger partial charge in [0.1, 0.15) is 11.5 Å². The van der Waals surface area contributed by atoms with E-state index in [0.717, 1.165) is 25.7 Å². The first-order chi connectivity index (χ1) is 15.2. The number of rotatable bonds is 19. The first kappa shape index (κ1) is 27.4. The number of unbranched alkanes of at least 4 members (excludes halogenated alkanes) is 10. The number of carbonyl (C=O) groups is 1. The van der Waals surface area contributed by atoms with E-state index in [1.54, 1.807) is 6.08 Å². The summed E-state index contributed by atoms with van der Waals surface area (Å²) in [6.07, 6.45) is 15.9. The van der Waals surface area contributed by atoms with Crippen LogP contribution in [0.3, 0.4) is 0 Å². The number of aliphatic imine (C=N–C) groups is 1. The molecule has 0 saturated carbocycles. The molecule has 178 valence electrons. The minimum Gasteiger partial charge on any atom is -0.505 e. The minimum absolute atomic E-state index is 0.0443. The summed E-state index contributed by atoms with van der Waals surface area (Å²) < 4.78 is 0. The topological polar surface area (TPSA) is 102 Å². The summed E-state index contributed by atoms with van der Waals surface area (Å²) in [6.45, 7) is 3.60. The van der Waals surface area contributed by atoms with Crippen LogP contribution in [0.1, 0.15) is 96.8 Å². The number of aliphatic hydroxyl groups excluding tert-OH is 3. The average Bonchev–Trinajstić information content (AvgIpc) is 2.77. The Hall–Kier alpha value is -1.66. The molecule has 6 nitrogen and oxygen atoms in total. The standard InChI is InChI=1S/C25H44N2O4/c1-2-3-4-5-6-7-8-9-10-15-21-24(30)22(26-16-11-13-18-28)20-23(25(21)31)27-17-12-14-19-29/h20,26,28-30H,2-19H2,1H3. The van der Waals surface area contributed by atoms with E-state index in [1.165, 1.54) is 44.9 Å². The van der Waals surface area contributed by atoms with Gasteiger partial charge >= 0.3 is 0 Å². The predicted molar refractivity (Wildman–Crippen MR) is 128 cm³/mol. The monoisotopic (exact) mass is 436 g/mol. The molecule has 6 heteroatoms. The SMILES string of the molecule is CCCCCCCCCCCC1=C(O)C(NCCCCO)=CC(=NCCCCO)C1=O. The highest BCUT2D eigenvalue weighted by molar-refractivity contribution is 6.50. The molecule has 31 heavy (non-hydrogen) atoms. The van der Waals surface area contributed by atoms with Crippen LogP contribution in [-0.2, 0) is 4.79 Å². The van der Waals surface area contributed by atoms with Gasteiger partial charge in [-0.05, 0) is 44.6 Å². The van der Waals surface area contributed by atoms with E-state index >= 15 is 0 Å². The Balaban J connectivity index is 2.61. The van der Waals surface area contributed by atoms with E-state index in [4.69, 9.17) is 10.2 Å². The Morgan fingerprint density at radius 1 is 0.839 bits per heavy atom. The quantitative estimate of drug-likeness (QED) is 0.173. The molecule has 0 heterocycles. The number of ketones is 1. The molecule has 1 aliphatic rings. The van der Waals surface area contributed by atoms with Crippen LogP contribution in [0.4, 0.5) is 0 Å². The first-order valence-electron chi connectivity index (χ1n) is 12.3. The van der Waals surface area contributed by atoms with Crippen LogP contribution >= 0.6 is 0 Å². The number of nitrogens with zero attached hydrogens (tertiary/aromatic N) is 1. The summed E-state index contributed by atoms with van der Waals surface area (Å²) in [6, 6.07) is 0. The lowest BCUT2D eigenvalue weighted by Crippen LogP contribution is -2.28. The lowest BCUT2D eigenvalue weighted by molar-refractivity contribution is -0.110. The van der Waals surface area contributed by atoms with Crippen LogP contribution in [-0.4, -0.2) is 53.1 Å². The first-order valence-corrected chi connectivity index (χ1v) is 12.3. The van der Waals surface area contributed by atoms with Crippen molar-refractivity contribution in [3.05, 3.63) is 23.1 Å². The van der Waals surface area contributed by atoms with Crippen molar-refractivity contribution in [1.82, 2.24) is 5.32 Å². The third-order valence-corrected chi connectivity index (χ3v) is 5.61. The molecule has 0 amide bonds. The van der Waals surface area contributed by atoms with Gasteiger partial charge < -0.3 is 20.6 Å². The second kappa shape index (κ2) is 18.0. The highest BCUT2D eigenvalue weighted by Gasteiger charge is 2.26. The third kappa shape index (κ3) is 11.5. The number of hydrogen-bond donors (Lipinski definition) is 4. The van der Waals surface area contributed by atoms with Crippen LogP contribution in [0, 0.1) is 0 Å². The number of Topliss-reactive ketones (excluding diaryl/α,β-unsaturated/α-hetero) is 1. The van der Waals surface area contributed by atoms with E-state index in [1.807, 2.05) is 0 Å². The molecule has 0 saturated heterocycles. The van der Waals surface area contributed by atoms with Crippen LogP contribution < -0.4 is 5.32 Å². The van der Waals surface area contributed by atoms with Gasteiger partial charge in [0.25, 0.3) is 0 Å². The fourth-order valence-corrected chi connectivity index (χ4v) is 3.67. The zero-order valence-corrected chi connectivity index (χ0v) is 19.5. The number of allylic oxidation sites excluding steroid dienone is 2. The van der Waals surface area contributed by atoms with E-state index in [2.05, 4.69) is 17.2 Å². The lowest BCUT2D eigenvalue weighted by atomic mass is 9.93. The fraction of sp³-hybridized carbons (Fsp3) is 0.760. The highest BCUT2D eigenvalue weighted by atomic mass is 16.3. The molecule has 0 radical (unpaired) electrons. The average molecular weight is 437 g/mol. The Morgan fingerprint density at radius 3 is 2.10 bits per heavy atom. The van der Waals surface area contributed by atoms with Crippen molar-refractivity contribution in [2.75, 3.05) is 26.3 Å². The maximum Gasteiger partial charge on any atom is 0.210 e. The van der Waals surface area contributed by atoms with Crippen LogP contribution in [0.2, 0.25) is 0 Å². The lowest BCUT2D eigenvalue weighted by Gasteiger charge is -2.19. The minimum atomic E-state index is -0.179. The third-order valence-electron chi connectivity index (χ3n) is 5.61. The Morgan fingerprint density at radius 2 is 1.45 bits per heavy atom. The van der Waals surface area contributed by atoms with Crippen molar-refractivity contribution in [1.29, 1.82) is 0 Å². The van der Waals surface area contributed by atoms with Gasteiger partial charge in [-0.25, -0.2) is 0 Å². The zero-order chi connectivity index (χ0) is 22.7. The fourth-order valence-electron chi connectivity index (χ4n) is 3.67. The van der Waals surface area contributed by atoms with Gasteiger partial charge in [-0.3, -0.25) is 9.79 Å². The van der Waals surface area contributed by atoms with Crippen molar-refractivity contribution in [2.45, 2.75) is 96.8 Å². The van der Waals surface area contributed by atoms with Crippen molar-refractivity contribution < 1.29 is 20.1 Å². The Bertz CT molecular complexity index is 596. The van der Waals surface area contributed by atoms with E-state index in [9.17, 15) is 9.90 Å². The molecular formula is C25H44N2O4. The van der Waals surface area contributed by atoms with E-state index < -0.39 is 0 Å². The smallest absolute Gasteiger partial charge is 0.210 e. The molecule has 0 bridgehead atoms. The van der Waals surface area contributed by atoms with Crippen LogP contribution in [0.25, 0.3) is 0 Å². The maximum atomic E-state index is 12.9. The van der Waals surface area contributed by atoms with E-state index in [0.29, 0.717) is 49.3 Å². The van der Waals surface area contributed by atoms with Gasteiger partial charge in [-0.15, -0.1) is 0 Å². The molecule has 0 aromatic heterocycles. The largest absolute Gasteiger partial charge is 0.505 e. The molecular weight excluding hydrogens is 392 g/mol. The molecule has 0 aromatic rings.